The molecule has 0 radical (unpaired) electrons. The molecule has 0 unspecified atom stereocenters. The maximum absolute atomic E-state index is 13.3. The monoisotopic (exact) mass is 343 g/mol. The van der Waals surface area contributed by atoms with Crippen LogP contribution < -0.4 is 14.8 Å². The van der Waals surface area contributed by atoms with E-state index in [9.17, 15) is 9.50 Å². The molecule has 25 heavy (non-hydrogen) atoms. The van der Waals surface area contributed by atoms with E-state index in [1.165, 1.54) is 18.5 Å². The summed E-state index contributed by atoms with van der Waals surface area (Å²) in [5, 5.41) is 14.2. The second-order valence-electron chi connectivity index (χ2n) is 5.43. The van der Waals surface area contributed by atoms with Crippen molar-refractivity contribution < 1.29 is 19.0 Å². The van der Waals surface area contributed by atoms with Gasteiger partial charge in [-0.3, -0.25) is 0 Å². The van der Waals surface area contributed by atoms with Gasteiger partial charge in [-0.15, -0.1) is 0 Å². The van der Waals surface area contributed by atoms with Crippen molar-refractivity contribution in [2.75, 3.05) is 26.1 Å². The van der Waals surface area contributed by atoms with Crippen molar-refractivity contribution in [3.8, 4) is 11.5 Å². The Labute approximate surface area is 144 Å². The average molecular weight is 343 g/mol. The first-order valence-corrected chi connectivity index (χ1v) is 7.66. The molecule has 1 heterocycles. The van der Waals surface area contributed by atoms with Gasteiger partial charge >= 0.3 is 0 Å². The summed E-state index contributed by atoms with van der Waals surface area (Å²) in [5.74, 6) is 1.35. The number of anilines is 1. The summed E-state index contributed by atoms with van der Waals surface area (Å²) in [6.45, 7) is 0.208. The number of rotatable bonds is 6. The predicted molar refractivity (Wildman–Crippen MR) is 92.5 cm³/mol. The number of aromatic nitrogens is 2. The van der Waals surface area contributed by atoms with Gasteiger partial charge in [-0.25, -0.2) is 14.4 Å². The van der Waals surface area contributed by atoms with Gasteiger partial charge in [0, 0.05) is 24.1 Å². The van der Waals surface area contributed by atoms with E-state index >= 15 is 0 Å². The number of methoxy groups -OCH3 is 2. The Hall–Kier alpha value is -2.93. The minimum Gasteiger partial charge on any atom is -0.497 e. The van der Waals surface area contributed by atoms with Crippen LogP contribution in [0.1, 0.15) is 11.7 Å². The summed E-state index contributed by atoms with van der Waals surface area (Å²) in [7, 11) is 3.10. The zero-order chi connectivity index (χ0) is 17.8. The quantitative estimate of drug-likeness (QED) is 0.717. The van der Waals surface area contributed by atoms with Crippen molar-refractivity contribution in [2.24, 2.45) is 0 Å². The van der Waals surface area contributed by atoms with Gasteiger partial charge in [0.25, 0.3) is 0 Å². The third-order valence-corrected chi connectivity index (χ3v) is 3.82. The molecule has 6 nitrogen and oxygen atoms in total. The first-order chi connectivity index (χ1) is 12.1. The molecule has 7 heteroatoms. The molecule has 0 aliphatic rings. The van der Waals surface area contributed by atoms with Gasteiger partial charge in [-0.2, -0.15) is 0 Å². The maximum atomic E-state index is 13.3. The van der Waals surface area contributed by atoms with Crippen LogP contribution in [0.15, 0.2) is 42.7 Å². The summed E-state index contributed by atoms with van der Waals surface area (Å²) in [6.07, 6.45) is 0.542. The fraction of sp³-hybridized carbons (Fsp3) is 0.222. The molecule has 0 saturated carbocycles. The first kappa shape index (κ1) is 16.9. The topological polar surface area (TPSA) is 76.5 Å². The number of fused-ring (bicyclic) bond motifs is 1. The molecule has 0 spiro atoms. The van der Waals surface area contributed by atoms with Crippen molar-refractivity contribution in [1.29, 1.82) is 0 Å². The SMILES string of the molecule is COc1cc(OC)cc([C@H](O)CNc2ncnc3cc(F)ccc23)c1. The molecule has 0 bridgehead atoms. The van der Waals surface area contributed by atoms with E-state index in [1.807, 2.05) is 0 Å². The highest BCUT2D eigenvalue weighted by atomic mass is 19.1. The number of halogens is 1. The van der Waals surface area contributed by atoms with E-state index in [0.717, 1.165) is 0 Å². The number of ether oxygens (including phenoxy) is 2. The predicted octanol–water partition coefficient (Wildman–Crippen LogP) is 2.93. The molecular formula is C18H18FN3O3. The Kier molecular flexibility index (Phi) is 4.95. The van der Waals surface area contributed by atoms with Gasteiger partial charge in [0.1, 0.15) is 29.5 Å². The van der Waals surface area contributed by atoms with E-state index in [-0.39, 0.29) is 12.4 Å². The lowest BCUT2D eigenvalue weighted by molar-refractivity contribution is 0.190. The normalized spacial score (nSPS) is 12.0. The van der Waals surface area contributed by atoms with Crippen LogP contribution in [0.4, 0.5) is 10.2 Å². The van der Waals surface area contributed by atoms with Crippen LogP contribution in [0.3, 0.4) is 0 Å². The second-order valence-corrected chi connectivity index (χ2v) is 5.43. The molecule has 0 saturated heterocycles. The molecule has 0 amide bonds. The minimum absolute atomic E-state index is 0.208. The number of nitrogens with one attached hydrogen (secondary N) is 1. The van der Waals surface area contributed by atoms with E-state index in [0.29, 0.717) is 33.8 Å². The summed E-state index contributed by atoms with van der Waals surface area (Å²) < 4.78 is 23.7. The standard InChI is InChI=1S/C18H18FN3O3/c1-24-13-5-11(6-14(8-13)25-2)17(23)9-20-18-15-4-3-12(19)7-16(15)21-10-22-18/h3-8,10,17,23H,9H2,1-2H3,(H,20,21,22)/t17-/m1/s1. The summed E-state index contributed by atoms with van der Waals surface area (Å²) in [6, 6.07) is 9.50. The van der Waals surface area contributed by atoms with Crippen LogP contribution >= 0.6 is 0 Å². The Bertz CT molecular complexity index is 866. The highest BCUT2D eigenvalue weighted by Gasteiger charge is 2.12. The van der Waals surface area contributed by atoms with Crippen molar-refractivity contribution in [2.45, 2.75) is 6.10 Å². The first-order valence-electron chi connectivity index (χ1n) is 7.66. The summed E-state index contributed by atoms with van der Waals surface area (Å²) in [5.41, 5.74) is 1.14. The zero-order valence-corrected chi connectivity index (χ0v) is 13.9. The lowest BCUT2D eigenvalue weighted by Crippen LogP contribution is -2.13. The van der Waals surface area contributed by atoms with Crippen LogP contribution in [0.5, 0.6) is 11.5 Å². The fourth-order valence-electron chi connectivity index (χ4n) is 2.50. The molecule has 0 aliphatic heterocycles. The molecule has 3 rings (SSSR count). The van der Waals surface area contributed by atoms with E-state index < -0.39 is 6.10 Å². The molecule has 130 valence electrons. The second kappa shape index (κ2) is 7.31. The van der Waals surface area contributed by atoms with Crippen molar-refractivity contribution >= 4 is 16.7 Å². The third kappa shape index (κ3) is 3.77. The van der Waals surface area contributed by atoms with Crippen LogP contribution in [0.2, 0.25) is 0 Å². The smallest absolute Gasteiger partial charge is 0.137 e. The number of aliphatic hydroxyl groups excluding tert-OH is 1. The molecule has 1 atom stereocenters. The zero-order valence-electron chi connectivity index (χ0n) is 13.9. The number of aliphatic hydroxyl groups is 1. The van der Waals surface area contributed by atoms with Gasteiger partial charge < -0.3 is 19.9 Å². The molecule has 0 fully saturated rings. The number of nitrogens with zero attached hydrogens (tertiary/aromatic N) is 2. The van der Waals surface area contributed by atoms with Crippen LogP contribution in [-0.2, 0) is 0 Å². The molecule has 0 aliphatic carbocycles. The highest BCUT2D eigenvalue weighted by molar-refractivity contribution is 5.88. The summed E-state index contributed by atoms with van der Waals surface area (Å²) in [4.78, 5) is 8.21. The Morgan fingerprint density at radius 1 is 1.08 bits per heavy atom. The maximum Gasteiger partial charge on any atom is 0.137 e. The van der Waals surface area contributed by atoms with Crippen LogP contribution in [0.25, 0.3) is 10.9 Å². The van der Waals surface area contributed by atoms with Gasteiger partial charge in [0.2, 0.25) is 0 Å². The van der Waals surface area contributed by atoms with Gasteiger partial charge in [0.15, 0.2) is 0 Å². The molecule has 2 aromatic carbocycles. The molecule has 2 N–H and O–H groups in total. The summed E-state index contributed by atoms with van der Waals surface area (Å²) >= 11 is 0. The number of hydrogen-bond donors (Lipinski definition) is 2. The minimum atomic E-state index is -0.811. The Morgan fingerprint density at radius 3 is 2.48 bits per heavy atom. The molecule has 1 aromatic heterocycles. The number of hydrogen-bond acceptors (Lipinski definition) is 6. The Morgan fingerprint density at radius 2 is 1.80 bits per heavy atom. The highest BCUT2D eigenvalue weighted by Crippen LogP contribution is 2.27. The van der Waals surface area contributed by atoms with Crippen molar-refractivity contribution in [3.05, 3.63) is 54.1 Å². The largest absolute Gasteiger partial charge is 0.497 e. The van der Waals surface area contributed by atoms with Gasteiger partial charge in [-0.05, 0) is 29.8 Å². The van der Waals surface area contributed by atoms with E-state index in [1.54, 1.807) is 38.5 Å². The fourth-order valence-corrected chi connectivity index (χ4v) is 2.50. The molecular weight excluding hydrogens is 325 g/mol. The van der Waals surface area contributed by atoms with Gasteiger partial charge in [0.05, 0.1) is 25.8 Å². The average Bonchev–Trinajstić information content (AvgIpc) is 2.65. The van der Waals surface area contributed by atoms with Crippen molar-refractivity contribution in [3.63, 3.8) is 0 Å². The molecule has 3 aromatic rings. The third-order valence-electron chi connectivity index (χ3n) is 3.82. The van der Waals surface area contributed by atoms with Gasteiger partial charge in [-0.1, -0.05) is 0 Å². The lowest BCUT2D eigenvalue weighted by atomic mass is 10.1. The van der Waals surface area contributed by atoms with Crippen LogP contribution in [-0.4, -0.2) is 35.8 Å². The number of benzene rings is 2. The Balaban J connectivity index is 1.80. The van der Waals surface area contributed by atoms with Crippen LogP contribution in [0, 0.1) is 5.82 Å². The van der Waals surface area contributed by atoms with E-state index in [2.05, 4.69) is 15.3 Å². The van der Waals surface area contributed by atoms with E-state index in [4.69, 9.17) is 9.47 Å². The lowest BCUT2D eigenvalue weighted by Gasteiger charge is -2.15. The van der Waals surface area contributed by atoms with Crippen molar-refractivity contribution in [1.82, 2.24) is 9.97 Å².